The lowest BCUT2D eigenvalue weighted by molar-refractivity contribution is 0.332. The summed E-state index contributed by atoms with van der Waals surface area (Å²) in [7, 11) is 0. The number of aryl methyl sites for hydroxylation is 1. The van der Waals surface area contributed by atoms with E-state index in [-0.39, 0.29) is 44.6 Å². The van der Waals surface area contributed by atoms with Crippen molar-refractivity contribution in [2.24, 2.45) is 0 Å². The summed E-state index contributed by atoms with van der Waals surface area (Å²) in [5, 5.41) is 3.77. The van der Waals surface area contributed by atoms with E-state index in [1.54, 1.807) is 0 Å². The molecular weight excluding hydrogens is 908 g/mol. The fourth-order valence-corrected chi connectivity index (χ4v) is 14.8. The van der Waals surface area contributed by atoms with Crippen LogP contribution in [0.3, 0.4) is 0 Å². The Morgan fingerprint density at radius 2 is 0.947 bits per heavy atom. The molecule has 0 bridgehead atoms. The summed E-state index contributed by atoms with van der Waals surface area (Å²) in [5.74, 6) is 0. The number of benzene rings is 7. The SMILES string of the molecule is Cc1cc2c3c(c1)N(c1ccc(C(C)(C)C)cc1)c1c(oc4cc5c(cc14)C(C)(C)CCC5(C)C)B3c1cc3c(cc1N2c1cc2c(cc1-c1cccc4ccccc14)C(C)(C)CCC2(C)C)C(C)(C)CCC3(C)C. The van der Waals surface area contributed by atoms with Crippen molar-refractivity contribution in [2.75, 3.05) is 9.80 Å². The third kappa shape index (κ3) is 7.12. The van der Waals surface area contributed by atoms with Crippen LogP contribution in [0.1, 0.15) is 187 Å². The fraction of sp³-hybridized carbons (Fsp3) is 0.408. The molecule has 0 saturated carbocycles. The van der Waals surface area contributed by atoms with Crippen molar-refractivity contribution in [1.29, 1.82) is 0 Å². The lowest BCUT2D eigenvalue weighted by Crippen LogP contribution is -2.61. The molecule has 3 aliphatic carbocycles. The third-order valence-corrected chi connectivity index (χ3v) is 20.0. The third-order valence-electron chi connectivity index (χ3n) is 20.0. The van der Waals surface area contributed by atoms with Gasteiger partial charge in [-0.2, -0.15) is 0 Å². The second-order valence-electron chi connectivity index (χ2n) is 29.0. The van der Waals surface area contributed by atoms with Gasteiger partial charge >= 0.3 is 0 Å². The maximum Gasteiger partial charge on any atom is 0.297 e. The first-order valence-electron chi connectivity index (χ1n) is 28.5. The number of nitrogens with zero attached hydrogens (tertiary/aromatic N) is 2. The predicted molar refractivity (Wildman–Crippen MR) is 322 cm³/mol. The quantitative estimate of drug-likeness (QED) is 0.165. The lowest BCUT2D eigenvalue weighted by Gasteiger charge is -2.47. The van der Waals surface area contributed by atoms with Gasteiger partial charge in [0.05, 0.1) is 17.0 Å². The molecule has 0 N–H and O–H groups in total. The molecule has 2 aliphatic heterocycles. The van der Waals surface area contributed by atoms with Crippen molar-refractivity contribution < 1.29 is 4.42 Å². The lowest BCUT2D eigenvalue weighted by atomic mass is 9.35. The van der Waals surface area contributed by atoms with Crippen LogP contribution in [0.5, 0.6) is 0 Å². The highest BCUT2D eigenvalue weighted by atomic mass is 16.3. The molecule has 382 valence electrons. The van der Waals surface area contributed by atoms with Gasteiger partial charge in [-0.05, 0) is 210 Å². The van der Waals surface area contributed by atoms with E-state index >= 15 is 0 Å². The van der Waals surface area contributed by atoms with Crippen molar-refractivity contribution in [3.63, 3.8) is 0 Å². The highest BCUT2D eigenvalue weighted by Gasteiger charge is 2.51. The van der Waals surface area contributed by atoms with Crippen LogP contribution in [0.25, 0.3) is 32.9 Å². The topological polar surface area (TPSA) is 19.6 Å². The molecular formula is C71H79BN2O. The fourth-order valence-electron chi connectivity index (χ4n) is 14.8. The predicted octanol–water partition coefficient (Wildman–Crippen LogP) is 18.0. The minimum atomic E-state index is -0.146. The molecule has 75 heavy (non-hydrogen) atoms. The molecule has 0 spiro atoms. The summed E-state index contributed by atoms with van der Waals surface area (Å²) < 4.78 is 7.77. The van der Waals surface area contributed by atoms with Gasteiger partial charge in [0.25, 0.3) is 6.71 Å². The van der Waals surface area contributed by atoms with E-state index in [0.29, 0.717) is 0 Å². The van der Waals surface area contributed by atoms with Gasteiger partial charge in [-0.3, -0.25) is 0 Å². The molecule has 0 unspecified atom stereocenters. The number of rotatable bonds is 3. The van der Waals surface area contributed by atoms with Gasteiger partial charge in [-0.15, -0.1) is 0 Å². The molecule has 0 radical (unpaired) electrons. The minimum Gasteiger partial charge on any atom is -0.468 e. The van der Waals surface area contributed by atoms with E-state index < -0.39 is 0 Å². The first-order valence-corrected chi connectivity index (χ1v) is 28.5. The highest BCUT2D eigenvalue weighted by molar-refractivity contribution is 7.00. The van der Waals surface area contributed by atoms with Crippen LogP contribution in [0.4, 0.5) is 34.1 Å². The van der Waals surface area contributed by atoms with E-state index in [1.807, 2.05) is 0 Å². The molecule has 3 nitrogen and oxygen atoms in total. The largest absolute Gasteiger partial charge is 0.468 e. The number of anilines is 6. The Hall–Kier alpha value is -6.00. The first kappa shape index (κ1) is 48.6. The van der Waals surface area contributed by atoms with Crippen LogP contribution in [-0.4, -0.2) is 6.71 Å². The zero-order valence-electron chi connectivity index (χ0n) is 48.1. The molecule has 3 heterocycles. The Labute approximate surface area is 449 Å². The van der Waals surface area contributed by atoms with Gasteiger partial charge in [0.1, 0.15) is 5.58 Å². The van der Waals surface area contributed by atoms with E-state index in [1.165, 1.54) is 111 Å². The van der Waals surface area contributed by atoms with Crippen LogP contribution in [0, 0.1) is 6.92 Å². The summed E-state index contributed by atoms with van der Waals surface area (Å²) in [6.07, 6.45) is 6.90. The molecule has 13 rings (SSSR count). The molecule has 0 saturated heterocycles. The Morgan fingerprint density at radius 1 is 0.453 bits per heavy atom. The summed E-state index contributed by atoms with van der Waals surface area (Å²) >= 11 is 0. The Kier molecular flexibility index (Phi) is 10.1. The van der Waals surface area contributed by atoms with Crippen LogP contribution in [-0.2, 0) is 37.9 Å². The monoisotopic (exact) mass is 987 g/mol. The number of fused-ring (bicyclic) bond motifs is 10. The van der Waals surface area contributed by atoms with Gasteiger partial charge in [0, 0.05) is 33.7 Å². The highest BCUT2D eigenvalue weighted by Crippen LogP contribution is 2.57. The Bertz CT molecular complexity index is 3730. The molecule has 7 aromatic carbocycles. The van der Waals surface area contributed by atoms with Gasteiger partial charge < -0.3 is 14.2 Å². The van der Waals surface area contributed by atoms with Crippen LogP contribution in [0.15, 0.2) is 120 Å². The Morgan fingerprint density at radius 3 is 1.53 bits per heavy atom. The van der Waals surface area contributed by atoms with Crippen molar-refractivity contribution in [3.05, 3.63) is 160 Å². The smallest absolute Gasteiger partial charge is 0.297 e. The molecule has 0 fully saturated rings. The minimum absolute atomic E-state index is 0.000925. The zero-order chi connectivity index (χ0) is 52.9. The normalized spacial score (nSPS) is 20.0. The van der Waals surface area contributed by atoms with Crippen LogP contribution < -0.4 is 26.4 Å². The van der Waals surface area contributed by atoms with Crippen LogP contribution in [0.2, 0.25) is 0 Å². The van der Waals surface area contributed by atoms with E-state index in [9.17, 15) is 0 Å². The van der Waals surface area contributed by atoms with Crippen molar-refractivity contribution >= 4 is 79.2 Å². The summed E-state index contributed by atoms with van der Waals surface area (Å²) in [4.78, 5) is 5.37. The number of hydrogen-bond acceptors (Lipinski definition) is 3. The molecule has 8 aromatic rings. The zero-order valence-corrected chi connectivity index (χ0v) is 48.1. The summed E-state index contributed by atoms with van der Waals surface area (Å²) in [6.45, 7) is 38.9. The standard InChI is InChI=1S/C71H79BN2O/c1-42-34-59-62-60(35-42)74(57-39-53-50(66(5,6)28-31-69(53,11)12)36-48(57)47-23-19-21-43-20-17-18-22-46(43)47)58-40-54-52(68(9,10)30-32-70(54,13)14)38-56(58)72(62)64-63(73(59)45-26-24-44(25-27-45)65(2,3)4)49-37-51-55(41-61(49)75-64)71(15,16)33-29-67(51,7)8/h17-27,34-41H,28-33H2,1-16H3. The average molecular weight is 987 g/mol. The average Bonchev–Trinajstić information content (AvgIpc) is 3.79. The molecule has 5 aliphatic rings. The molecule has 1 aromatic heterocycles. The summed E-state index contributed by atoms with van der Waals surface area (Å²) in [6, 6.07) is 46.1. The summed E-state index contributed by atoms with van der Waals surface area (Å²) in [5.41, 5.74) is 26.1. The number of hydrogen-bond donors (Lipinski definition) is 0. The molecule has 4 heteroatoms. The van der Waals surface area contributed by atoms with Crippen molar-refractivity contribution in [2.45, 2.75) is 187 Å². The number of furan rings is 1. The van der Waals surface area contributed by atoms with E-state index in [4.69, 9.17) is 4.42 Å². The first-order chi connectivity index (χ1) is 35.2. The van der Waals surface area contributed by atoms with Gasteiger partial charge in [0.2, 0.25) is 0 Å². The van der Waals surface area contributed by atoms with Crippen molar-refractivity contribution in [1.82, 2.24) is 0 Å². The van der Waals surface area contributed by atoms with Gasteiger partial charge in [0.15, 0.2) is 0 Å². The maximum absolute atomic E-state index is 7.77. The van der Waals surface area contributed by atoms with Gasteiger partial charge in [-0.25, -0.2) is 0 Å². The Balaban J connectivity index is 1.19. The molecule has 0 amide bonds. The van der Waals surface area contributed by atoms with Crippen molar-refractivity contribution in [3.8, 4) is 11.1 Å². The second-order valence-corrected chi connectivity index (χ2v) is 29.0. The second kappa shape index (κ2) is 15.6. The molecule has 0 atom stereocenters. The van der Waals surface area contributed by atoms with E-state index in [0.717, 1.165) is 55.5 Å². The van der Waals surface area contributed by atoms with Gasteiger partial charge in [-0.1, -0.05) is 165 Å². The maximum atomic E-state index is 7.77. The van der Waals surface area contributed by atoms with E-state index in [2.05, 4.69) is 236 Å². The van der Waals surface area contributed by atoms with Crippen LogP contribution >= 0.6 is 0 Å².